The number of hydrogen-bond donors (Lipinski definition) is 0. The van der Waals surface area contributed by atoms with Gasteiger partial charge in [-0.3, -0.25) is 4.79 Å². The summed E-state index contributed by atoms with van der Waals surface area (Å²) >= 11 is 0. The van der Waals surface area contributed by atoms with E-state index in [0.717, 1.165) is 12.3 Å². The summed E-state index contributed by atoms with van der Waals surface area (Å²) in [4.78, 5) is 13.8. The van der Waals surface area contributed by atoms with E-state index in [2.05, 4.69) is 0 Å². The second kappa shape index (κ2) is 7.33. The van der Waals surface area contributed by atoms with Crippen LogP contribution in [0.3, 0.4) is 0 Å². The van der Waals surface area contributed by atoms with Crippen LogP contribution in [-0.4, -0.2) is 49.9 Å². The molecule has 1 aliphatic rings. The molecule has 1 unspecified atom stereocenters. The molecule has 0 saturated carbocycles. The van der Waals surface area contributed by atoms with Gasteiger partial charge in [-0.15, -0.1) is 0 Å². The Balaban J connectivity index is 2.11. The normalized spacial score (nSPS) is 19.6. The van der Waals surface area contributed by atoms with Crippen molar-refractivity contribution < 1.29 is 26.4 Å². The molecular formula is C16H21F3N2O3S. The van der Waals surface area contributed by atoms with E-state index >= 15 is 0 Å². The van der Waals surface area contributed by atoms with Gasteiger partial charge in [0.1, 0.15) is 0 Å². The smallest absolute Gasteiger partial charge is 0.341 e. The van der Waals surface area contributed by atoms with Crippen LogP contribution in [0.15, 0.2) is 24.3 Å². The van der Waals surface area contributed by atoms with Gasteiger partial charge in [-0.2, -0.15) is 13.2 Å². The molecule has 140 valence electrons. The molecule has 0 aromatic heterocycles. The molecule has 1 saturated heterocycles. The van der Waals surface area contributed by atoms with E-state index in [1.54, 1.807) is 0 Å². The van der Waals surface area contributed by atoms with Gasteiger partial charge in [0.25, 0.3) is 0 Å². The topological polar surface area (TPSA) is 57.7 Å². The zero-order valence-corrected chi connectivity index (χ0v) is 14.9. The van der Waals surface area contributed by atoms with E-state index in [1.807, 2.05) is 0 Å². The number of alkyl halides is 3. The Hall–Kier alpha value is -1.61. The van der Waals surface area contributed by atoms with Crippen molar-refractivity contribution in [1.82, 2.24) is 9.21 Å². The highest BCUT2D eigenvalue weighted by molar-refractivity contribution is 7.88. The second-order valence-corrected chi connectivity index (χ2v) is 8.29. The number of nitrogens with zero attached hydrogens (tertiary/aromatic N) is 2. The number of carbonyl (C=O) groups is 1. The minimum Gasteiger partial charge on any atom is -0.341 e. The monoisotopic (exact) mass is 378 g/mol. The molecule has 1 heterocycles. The maximum Gasteiger partial charge on any atom is 0.416 e. The average Bonchev–Trinajstić information content (AvgIpc) is 2.53. The molecule has 0 spiro atoms. The number of rotatable bonds is 4. The van der Waals surface area contributed by atoms with Crippen molar-refractivity contribution in [2.24, 2.45) is 5.92 Å². The summed E-state index contributed by atoms with van der Waals surface area (Å²) in [5, 5.41) is 0. The minimum absolute atomic E-state index is 0.0154. The molecule has 0 radical (unpaired) electrons. The first-order valence-corrected chi connectivity index (χ1v) is 9.70. The van der Waals surface area contributed by atoms with E-state index in [4.69, 9.17) is 0 Å². The molecule has 9 heteroatoms. The quantitative estimate of drug-likeness (QED) is 0.808. The van der Waals surface area contributed by atoms with Crippen molar-refractivity contribution in [3.8, 4) is 0 Å². The van der Waals surface area contributed by atoms with Gasteiger partial charge in [-0.25, -0.2) is 12.7 Å². The summed E-state index contributed by atoms with van der Waals surface area (Å²) in [6.45, 7) is 0.260. The van der Waals surface area contributed by atoms with Crippen molar-refractivity contribution in [2.75, 3.05) is 26.4 Å². The third-order valence-corrected chi connectivity index (χ3v) is 5.58. The van der Waals surface area contributed by atoms with Crippen molar-refractivity contribution in [2.45, 2.75) is 25.6 Å². The molecule has 0 N–H and O–H groups in total. The lowest BCUT2D eigenvalue weighted by atomic mass is 9.97. The fourth-order valence-corrected chi connectivity index (χ4v) is 3.94. The molecule has 1 aliphatic heterocycles. The van der Waals surface area contributed by atoms with Crippen LogP contribution in [0, 0.1) is 5.92 Å². The molecule has 5 nitrogen and oxygen atoms in total. The van der Waals surface area contributed by atoms with Gasteiger partial charge in [-0.1, -0.05) is 18.2 Å². The largest absolute Gasteiger partial charge is 0.416 e. The summed E-state index contributed by atoms with van der Waals surface area (Å²) < 4.78 is 63.7. The zero-order chi connectivity index (χ0) is 18.8. The Morgan fingerprint density at radius 3 is 2.56 bits per heavy atom. The molecule has 0 aliphatic carbocycles. The molecule has 0 bridgehead atoms. The maximum absolute atomic E-state index is 13.1. The summed E-state index contributed by atoms with van der Waals surface area (Å²) in [5.41, 5.74) is -0.752. The lowest BCUT2D eigenvalue weighted by molar-refractivity contribution is -0.140. The maximum atomic E-state index is 13.1. The number of hydrogen-bond acceptors (Lipinski definition) is 3. The summed E-state index contributed by atoms with van der Waals surface area (Å²) in [5.74, 6) is -0.878. The van der Waals surface area contributed by atoms with Crippen LogP contribution in [-0.2, 0) is 27.5 Å². The van der Waals surface area contributed by atoms with Gasteiger partial charge < -0.3 is 4.90 Å². The lowest BCUT2D eigenvalue weighted by Crippen LogP contribution is -2.45. The Morgan fingerprint density at radius 2 is 1.96 bits per heavy atom. The Morgan fingerprint density at radius 1 is 1.32 bits per heavy atom. The predicted octanol–water partition coefficient (Wildman–Crippen LogP) is 2.34. The minimum atomic E-state index is -4.49. The zero-order valence-electron chi connectivity index (χ0n) is 14.1. The highest BCUT2D eigenvalue weighted by Crippen LogP contribution is 2.32. The number of sulfonamides is 1. The summed E-state index contributed by atoms with van der Waals surface area (Å²) in [7, 11) is -1.95. The first kappa shape index (κ1) is 19.7. The van der Waals surface area contributed by atoms with Crippen LogP contribution in [0.2, 0.25) is 0 Å². The van der Waals surface area contributed by atoms with Crippen LogP contribution >= 0.6 is 0 Å². The average molecular weight is 378 g/mol. The van der Waals surface area contributed by atoms with Gasteiger partial charge in [0.15, 0.2) is 0 Å². The van der Waals surface area contributed by atoms with Crippen molar-refractivity contribution >= 4 is 15.9 Å². The predicted molar refractivity (Wildman–Crippen MR) is 87.1 cm³/mol. The van der Waals surface area contributed by atoms with Gasteiger partial charge in [0.2, 0.25) is 15.9 Å². The summed E-state index contributed by atoms with van der Waals surface area (Å²) in [6, 6.07) is 5.13. The van der Waals surface area contributed by atoms with Gasteiger partial charge in [0.05, 0.1) is 17.7 Å². The molecule has 1 aromatic rings. The number of carbonyl (C=O) groups excluding carboxylic acids is 1. The molecule has 1 amide bonds. The highest BCUT2D eigenvalue weighted by Gasteiger charge is 2.35. The molecule has 2 rings (SSSR count). The standard InChI is InChI=1S/C16H21F3N2O3S/c1-20(10-12-6-3-4-8-14(12)16(17,18)19)15(22)13-7-5-9-21(11-13)25(2,23)24/h3-4,6,8,13H,5,7,9-11H2,1-2H3. The molecule has 25 heavy (non-hydrogen) atoms. The SMILES string of the molecule is CN(Cc1ccccc1C(F)(F)F)C(=O)C1CCCN(S(C)(=O)=O)C1. The molecular weight excluding hydrogens is 357 g/mol. The Kier molecular flexibility index (Phi) is 5.78. The van der Waals surface area contributed by atoms with Crippen molar-refractivity contribution in [3.05, 3.63) is 35.4 Å². The third-order valence-electron chi connectivity index (χ3n) is 4.31. The molecule has 1 atom stereocenters. The van der Waals surface area contributed by atoms with Crippen molar-refractivity contribution in [1.29, 1.82) is 0 Å². The van der Waals surface area contributed by atoms with Crippen LogP contribution in [0.1, 0.15) is 24.0 Å². The second-order valence-electron chi connectivity index (χ2n) is 6.31. The number of amides is 1. The fourth-order valence-electron chi connectivity index (χ4n) is 3.03. The fraction of sp³-hybridized carbons (Fsp3) is 0.562. The van der Waals surface area contributed by atoms with Crippen LogP contribution in [0.5, 0.6) is 0 Å². The van der Waals surface area contributed by atoms with E-state index < -0.39 is 27.7 Å². The molecule has 1 fully saturated rings. The van der Waals surface area contributed by atoms with Crippen LogP contribution in [0.25, 0.3) is 0 Å². The van der Waals surface area contributed by atoms with Crippen LogP contribution in [0.4, 0.5) is 13.2 Å². The van der Waals surface area contributed by atoms with Gasteiger partial charge in [-0.05, 0) is 24.5 Å². The first-order valence-electron chi connectivity index (χ1n) is 7.85. The van der Waals surface area contributed by atoms with Gasteiger partial charge in [0, 0.05) is 26.7 Å². The Labute approximate surface area is 145 Å². The number of piperidine rings is 1. The Bertz CT molecular complexity index is 734. The van der Waals surface area contributed by atoms with Crippen LogP contribution < -0.4 is 0 Å². The number of halogens is 3. The number of benzene rings is 1. The van der Waals surface area contributed by atoms with Crippen molar-refractivity contribution in [3.63, 3.8) is 0 Å². The first-order chi connectivity index (χ1) is 11.5. The van der Waals surface area contributed by atoms with E-state index in [-0.39, 0.29) is 24.6 Å². The summed E-state index contributed by atoms with van der Waals surface area (Å²) in [6.07, 6.45) is -2.33. The lowest BCUT2D eigenvalue weighted by Gasteiger charge is -2.32. The van der Waals surface area contributed by atoms with E-state index in [9.17, 15) is 26.4 Å². The van der Waals surface area contributed by atoms with Gasteiger partial charge >= 0.3 is 6.18 Å². The van der Waals surface area contributed by atoms with E-state index in [1.165, 1.54) is 34.5 Å². The highest BCUT2D eigenvalue weighted by atomic mass is 32.2. The van der Waals surface area contributed by atoms with E-state index in [0.29, 0.717) is 19.4 Å². The molecule has 1 aromatic carbocycles. The third kappa shape index (κ3) is 4.94.